The van der Waals surface area contributed by atoms with Crippen molar-refractivity contribution in [2.45, 2.75) is 0 Å². The Morgan fingerprint density at radius 3 is 2.40 bits per heavy atom. The second kappa shape index (κ2) is 4.73. The molecule has 0 fully saturated rings. The summed E-state index contributed by atoms with van der Waals surface area (Å²) in [6.07, 6.45) is 1.66. The fourth-order valence-corrected chi connectivity index (χ4v) is 2.04. The highest BCUT2D eigenvalue weighted by Gasteiger charge is 2.09. The normalized spacial score (nSPS) is 10.7. The third-order valence-electron chi connectivity index (χ3n) is 3.03. The van der Waals surface area contributed by atoms with E-state index in [9.17, 15) is 0 Å². The Morgan fingerprint density at radius 1 is 1.05 bits per heavy atom. The molecule has 3 aromatic rings. The summed E-state index contributed by atoms with van der Waals surface area (Å²) in [6, 6.07) is 9.16. The molecule has 0 unspecified atom stereocenters. The van der Waals surface area contributed by atoms with Crippen molar-refractivity contribution in [3.05, 3.63) is 36.5 Å². The molecule has 0 saturated carbocycles. The van der Waals surface area contributed by atoms with Crippen molar-refractivity contribution in [3.8, 4) is 22.8 Å². The lowest BCUT2D eigenvalue weighted by Gasteiger charge is -2.09. The topological polar surface area (TPSA) is 74.7 Å². The first-order valence-electron chi connectivity index (χ1n) is 6.05. The minimum absolute atomic E-state index is 0.525. The minimum atomic E-state index is 0.525. The quantitative estimate of drug-likeness (QED) is 0.787. The van der Waals surface area contributed by atoms with E-state index in [1.807, 2.05) is 18.2 Å². The number of fused-ring (bicyclic) bond motifs is 1. The molecule has 0 aliphatic carbocycles. The van der Waals surface area contributed by atoms with Gasteiger partial charge >= 0.3 is 0 Å². The Labute approximate surface area is 115 Å². The second-order valence-corrected chi connectivity index (χ2v) is 4.27. The predicted molar refractivity (Wildman–Crippen MR) is 75.9 cm³/mol. The molecular weight excluding hydrogens is 256 g/mol. The fraction of sp³-hybridized carbons (Fsp3) is 0.143. The zero-order valence-corrected chi connectivity index (χ0v) is 11.2. The van der Waals surface area contributed by atoms with Crippen LogP contribution in [0, 0.1) is 0 Å². The van der Waals surface area contributed by atoms with Gasteiger partial charge in [-0.3, -0.25) is 0 Å². The first-order chi connectivity index (χ1) is 9.71. The number of nitrogens with two attached hydrogens (primary N) is 1. The third-order valence-corrected chi connectivity index (χ3v) is 3.03. The molecule has 0 aliphatic heterocycles. The van der Waals surface area contributed by atoms with Gasteiger partial charge in [-0.05, 0) is 12.1 Å². The lowest BCUT2D eigenvalue weighted by molar-refractivity contribution is 0.394. The highest BCUT2D eigenvalue weighted by molar-refractivity contribution is 5.68. The van der Waals surface area contributed by atoms with Gasteiger partial charge in [-0.15, -0.1) is 0 Å². The maximum Gasteiger partial charge on any atom is 0.157 e. The Bertz CT molecular complexity index is 745. The molecule has 102 valence electrons. The summed E-state index contributed by atoms with van der Waals surface area (Å²) in [5.41, 5.74) is 8.29. The summed E-state index contributed by atoms with van der Waals surface area (Å²) in [6.45, 7) is 0. The van der Waals surface area contributed by atoms with Crippen LogP contribution in [0.5, 0.6) is 11.5 Å². The average molecular weight is 270 g/mol. The van der Waals surface area contributed by atoms with E-state index in [0.29, 0.717) is 23.0 Å². The molecule has 6 nitrogen and oxygen atoms in total. The van der Waals surface area contributed by atoms with Crippen LogP contribution in [0.2, 0.25) is 0 Å². The maximum absolute atomic E-state index is 5.98. The molecule has 6 heteroatoms. The van der Waals surface area contributed by atoms with Crippen LogP contribution in [0.4, 0.5) is 5.82 Å². The van der Waals surface area contributed by atoms with Crippen molar-refractivity contribution < 1.29 is 9.47 Å². The van der Waals surface area contributed by atoms with Gasteiger partial charge in [0.2, 0.25) is 0 Å². The van der Waals surface area contributed by atoms with Crippen molar-refractivity contribution in [2.24, 2.45) is 0 Å². The first kappa shape index (κ1) is 12.3. The van der Waals surface area contributed by atoms with E-state index in [1.54, 1.807) is 37.1 Å². The summed E-state index contributed by atoms with van der Waals surface area (Å²) >= 11 is 0. The zero-order chi connectivity index (χ0) is 14.1. The SMILES string of the molecule is COc1cc(OC)cc(-c2cc(N)n3nccc3n2)c1. The van der Waals surface area contributed by atoms with Gasteiger partial charge in [-0.25, -0.2) is 4.98 Å². The summed E-state index contributed by atoms with van der Waals surface area (Å²) in [7, 11) is 3.22. The van der Waals surface area contributed by atoms with Gasteiger partial charge in [0.05, 0.1) is 26.1 Å². The molecule has 0 amide bonds. The van der Waals surface area contributed by atoms with Gasteiger partial charge in [0.25, 0.3) is 0 Å². The molecule has 2 N–H and O–H groups in total. The second-order valence-electron chi connectivity index (χ2n) is 4.27. The Balaban J connectivity index is 2.18. The minimum Gasteiger partial charge on any atom is -0.497 e. The van der Waals surface area contributed by atoms with E-state index in [4.69, 9.17) is 15.2 Å². The van der Waals surface area contributed by atoms with Gasteiger partial charge in [0.15, 0.2) is 5.65 Å². The van der Waals surface area contributed by atoms with Crippen molar-refractivity contribution in [1.82, 2.24) is 14.6 Å². The fourth-order valence-electron chi connectivity index (χ4n) is 2.04. The number of benzene rings is 1. The van der Waals surface area contributed by atoms with E-state index in [0.717, 1.165) is 11.3 Å². The van der Waals surface area contributed by atoms with E-state index in [1.165, 1.54) is 0 Å². The van der Waals surface area contributed by atoms with Crippen molar-refractivity contribution in [3.63, 3.8) is 0 Å². The van der Waals surface area contributed by atoms with Crippen LogP contribution in [0.25, 0.3) is 16.9 Å². The molecule has 0 bridgehead atoms. The number of rotatable bonds is 3. The van der Waals surface area contributed by atoms with E-state index in [2.05, 4.69) is 10.1 Å². The molecule has 0 spiro atoms. The van der Waals surface area contributed by atoms with Gasteiger partial charge in [-0.2, -0.15) is 9.61 Å². The number of hydrogen-bond donors (Lipinski definition) is 1. The van der Waals surface area contributed by atoms with Gasteiger partial charge in [-0.1, -0.05) is 0 Å². The number of aromatic nitrogens is 3. The number of methoxy groups -OCH3 is 2. The van der Waals surface area contributed by atoms with Gasteiger partial charge < -0.3 is 15.2 Å². The number of nitrogen functional groups attached to an aromatic ring is 1. The number of ether oxygens (including phenoxy) is 2. The Morgan fingerprint density at radius 2 is 1.75 bits per heavy atom. The molecule has 0 aliphatic rings. The highest BCUT2D eigenvalue weighted by atomic mass is 16.5. The zero-order valence-electron chi connectivity index (χ0n) is 11.2. The molecule has 1 aromatic carbocycles. The molecular formula is C14H14N4O2. The van der Waals surface area contributed by atoms with Crippen molar-refractivity contribution in [2.75, 3.05) is 20.0 Å². The molecule has 0 atom stereocenters. The molecule has 0 radical (unpaired) electrons. The molecule has 3 rings (SSSR count). The summed E-state index contributed by atoms with van der Waals surface area (Å²) in [5, 5.41) is 4.10. The summed E-state index contributed by atoms with van der Waals surface area (Å²) in [5.74, 6) is 1.93. The lowest BCUT2D eigenvalue weighted by atomic mass is 10.1. The smallest absolute Gasteiger partial charge is 0.157 e. The van der Waals surface area contributed by atoms with Crippen LogP contribution >= 0.6 is 0 Å². The van der Waals surface area contributed by atoms with E-state index >= 15 is 0 Å². The highest BCUT2D eigenvalue weighted by Crippen LogP contribution is 2.29. The van der Waals surface area contributed by atoms with Gasteiger partial charge in [0, 0.05) is 23.8 Å². The van der Waals surface area contributed by atoms with Crippen LogP contribution in [-0.4, -0.2) is 28.8 Å². The van der Waals surface area contributed by atoms with Crippen LogP contribution in [0.1, 0.15) is 0 Å². The van der Waals surface area contributed by atoms with Crippen LogP contribution < -0.4 is 15.2 Å². The summed E-state index contributed by atoms with van der Waals surface area (Å²) in [4.78, 5) is 4.53. The van der Waals surface area contributed by atoms with Crippen LogP contribution in [0.15, 0.2) is 36.5 Å². The summed E-state index contributed by atoms with van der Waals surface area (Å²) < 4.78 is 12.1. The van der Waals surface area contributed by atoms with Crippen LogP contribution in [0.3, 0.4) is 0 Å². The predicted octanol–water partition coefficient (Wildman–Crippen LogP) is 2.00. The number of hydrogen-bond acceptors (Lipinski definition) is 5. The molecule has 0 saturated heterocycles. The third kappa shape index (κ3) is 2.01. The average Bonchev–Trinajstić information content (AvgIpc) is 2.95. The van der Waals surface area contributed by atoms with Crippen LogP contribution in [-0.2, 0) is 0 Å². The molecule has 2 heterocycles. The molecule has 2 aromatic heterocycles. The Hall–Kier alpha value is -2.76. The van der Waals surface area contributed by atoms with E-state index in [-0.39, 0.29) is 0 Å². The lowest BCUT2D eigenvalue weighted by Crippen LogP contribution is -2.01. The first-order valence-corrected chi connectivity index (χ1v) is 6.05. The van der Waals surface area contributed by atoms with Crippen molar-refractivity contribution in [1.29, 1.82) is 0 Å². The monoisotopic (exact) mass is 270 g/mol. The van der Waals surface area contributed by atoms with E-state index < -0.39 is 0 Å². The Kier molecular flexibility index (Phi) is 2.90. The largest absolute Gasteiger partial charge is 0.497 e. The number of nitrogens with zero attached hydrogens (tertiary/aromatic N) is 3. The standard InChI is InChI=1S/C14H14N4O2/c1-19-10-5-9(6-11(7-10)20-2)12-8-13(15)18-14(17-12)3-4-16-18/h3-8H,15H2,1-2H3. The molecule has 20 heavy (non-hydrogen) atoms. The van der Waals surface area contributed by atoms with Crippen molar-refractivity contribution >= 4 is 11.5 Å². The maximum atomic E-state index is 5.98. The number of anilines is 1. The van der Waals surface area contributed by atoms with Gasteiger partial charge in [0.1, 0.15) is 17.3 Å².